The van der Waals surface area contributed by atoms with E-state index in [1.807, 2.05) is 0 Å². The zero-order valence-corrected chi connectivity index (χ0v) is 16.4. The molecule has 0 saturated heterocycles. The van der Waals surface area contributed by atoms with E-state index in [9.17, 15) is 14.0 Å². The molecule has 0 spiro atoms. The first-order valence-corrected chi connectivity index (χ1v) is 9.28. The lowest BCUT2D eigenvalue weighted by Crippen LogP contribution is -2.21. The number of hydrogen-bond acceptors (Lipinski definition) is 7. The van der Waals surface area contributed by atoms with E-state index in [1.54, 1.807) is 30.3 Å². The smallest absolute Gasteiger partial charge is 0.358 e. The normalized spacial score (nSPS) is 10.3. The minimum atomic E-state index is -0.734. The molecule has 0 saturated carbocycles. The molecule has 1 aromatic heterocycles. The van der Waals surface area contributed by atoms with Crippen molar-refractivity contribution >= 4 is 28.9 Å². The second-order valence-electron chi connectivity index (χ2n) is 5.74. The van der Waals surface area contributed by atoms with E-state index in [0.29, 0.717) is 27.8 Å². The maximum absolute atomic E-state index is 13.0. The highest BCUT2D eigenvalue weighted by Crippen LogP contribution is 2.29. The fourth-order valence-corrected chi connectivity index (χ4v) is 3.19. The van der Waals surface area contributed by atoms with Crippen LogP contribution in [-0.4, -0.2) is 37.7 Å². The second kappa shape index (κ2) is 9.16. The van der Waals surface area contributed by atoms with Gasteiger partial charge in [0.25, 0.3) is 5.91 Å². The van der Waals surface area contributed by atoms with Crippen LogP contribution in [0.5, 0.6) is 11.5 Å². The summed E-state index contributed by atoms with van der Waals surface area (Å²) in [4.78, 5) is 28.5. The van der Waals surface area contributed by atoms with E-state index in [1.165, 1.54) is 43.1 Å². The van der Waals surface area contributed by atoms with Crippen molar-refractivity contribution in [2.45, 2.75) is 0 Å². The van der Waals surface area contributed by atoms with Crippen LogP contribution >= 0.6 is 11.3 Å². The summed E-state index contributed by atoms with van der Waals surface area (Å²) in [5.41, 5.74) is 1.14. The number of carbonyl (C=O) groups excluding carboxylic acids is 2. The maximum atomic E-state index is 13.0. The van der Waals surface area contributed by atoms with E-state index in [0.717, 1.165) is 0 Å². The molecule has 0 aliphatic heterocycles. The van der Waals surface area contributed by atoms with Gasteiger partial charge in [-0.05, 0) is 36.4 Å². The monoisotopic (exact) mass is 416 g/mol. The number of nitrogens with one attached hydrogen (secondary N) is 1. The Morgan fingerprint density at radius 2 is 1.86 bits per heavy atom. The quantitative estimate of drug-likeness (QED) is 0.590. The van der Waals surface area contributed by atoms with Gasteiger partial charge >= 0.3 is 5.97 Å². The number of ether oxygens (including phenoxy) is 3. The average Bonchev–Trinajstić information content (AvgIpc) is 3.23. The first kappa shape index (κ1) is 20.3. The van der Waals surface area contributed by atoms with Crippen LogP contribution in [0.4, 0.5) is 10.1 Å². The molecular weight excluding hydrogens is 399 g/mol. The largest absolute Gasteiger partial charge is 0.497 e. The van der Waals surface area contributed by atoms with Gasteiger partial charge in [0, 0.05) is 17.0 Å². The summed E-state index contributed by atoms with van der Waals surface area (Å²) >= 11 is 1.22. The van der Waals surface area contributed by atoms with E-state index in [4.69, 9.17) is 14.2 Å². The minimum Gasteiger partial charge on any atom is -0.497 e. The second-order valence-corrected chi connectivity index (χ2v) is 6.59. The van der Waals surface area contributed by atoms with Crippen LogP contribution < -0.4 is 14.8 Å². The van der Waals surface area contributed by atoms with Gasteiger partial charge in [-0.15, -0.1) is 11.3 Å². The van der Waals surface area contributed by atoms with Gasteiger partial charge in [0.2, 0.25) is 0 Å². The number of halogens is 1. The van der Waals surface area contributed by atoms with Crippen molar-refractivity contribution in [1.82, 2.24) is 4.98 Å². The molecule has 3 rings (SSSR count). The van der Waals surface area contributed by atoms with Crippen molar-refractivity contribution in [3.63, 3.8) is 0 Å². The van der Waals surface area contributed by atoms with Crippen molar-refractivity contribution in [3.05, 3.63) is 59.4 Å². The first-order valence-electron chi connectivity index (χ1n) is 8.40. The van der Waals surface area contributed by atoms with Crippen molar-refractivity contribution in [3.8, 4) is 22.1 Å². The number of esters is 1. The molecule has 0 radical (unpaired) electrons. The number of amides is 1. The van der Waals surface area contributed by atoms with Gasteiger partial charge in [-0.1, -0.05) is 0 Å². The van der Waals surface area contributed by atoms with Gasteiger partial charge in [-0.2, -0.15) is 0 Å². The third-order valence-electron chi connectivity index (χ3n) is 3.82. The molecule has 0 unspecified atom stereocenters. The van der Waals surface area contributed by atoms with Gasteiger partial charge in [0.1, 0.15) is 22.3 Å². The Balaban J connectivity index is 1.59. The zero-order valence-electron chi connectivity index (χ0n) is 15.6. The zero-order chi connectivity index (χ0) is 20.8. The van der Waals surface area contributed by atoms with Gasteiger partial charge in [-0.25, -0.2) is 14.2 Å². The average molecular weight is 416 g/mol. The summed E-state index contributed by atoms with van der Waals surface area (Å²) < 4.78 is 28.3. The van der Waals surface area contributed by atoms with Crippen LogP contribution in [0.25, 0.3) is 10.6 Å². The molecule has 29 heavy (non-hydrogen) atoms. The molecule has 0 bridgehead atoms. The summed E-state index contributed by atoms with van der Waals surface area (Å²) in [7, 11) is 2.97. The number of benzene rings is 2. The van der Waals surface area contributed by atoms with E-state index in [-0.39, 0.29) is 11.5 Å². The number of rotatable bonds is 7. The van der Waals surface area contributed by atoms with E-state index >= 15 is 0 Å². The molecule has 0 fully saturated rings. The van der Waals surface area contributed by atoms with Crippen molar-refractivity contribution in [2.75, 3.05) is 26.1 Å². The Hall–Kier alpha value is -3.46. The highest BCUT2D eigenvalue weighted by Gasteiger charge is 2.16. The Labute approximate surface area is 170 Å². The van der Waals surface area contributed by atoms with Crippen molar-refractivity contribution in [2.24, 2.45) is 0 Å². The molecular formula is C20H17FN2O5S. The van der Waals surface area contributed by atoms with Gasteiger partial charge in [0.05, 0.1) is 19.9 Å². The third kappa shape index (κ3) is 5.08. The number of anilines is 1. The topological polar surface area (TPSA) is 86.8 Å². The van der Waals surface area contributed by atoms with Crippen molar-refractivity contribution < 1.29 is 28.2 Å². The van der Waals surface area contributed by atoms with Gasteiger partial charge in [0.15, 0.2) is 12.3 Å². The summed E-state index contributed by atoms with van der Waals surface area (Å²) in [6.07, 6.45) is 0. The fraction of sp³-hybridized carbons (Fsp3) is 0.150. The van der Waals surface area contributed by atoms with Crippen LogP contribution in [-0.2, 0) is 9.53 Å². The summed E-state index contributed by atoms with van der Waals surface area (Å²) in [6, 6.07) is 10.7. The van der Waals surface area contributed by atoms with Crippen LogP contribution in [0.15, 0.2) is 47.8 Å². The van der Waals surface area contributed by atoms with Crippen LogP contribution in [0.3, 0.4) is 0 Å². The molecule has 1 amide bonds. The number of hydrogen-bond donors (Lipinski definition) is 1. The van der Waals surface area contributed by atoms with Gasteiger partial charge in [-0.3, -0.25) is 4.79 Å². The van der Waals surface area contributed by atoms with Crippen LogP contribution in [0.1, 0.15) is 10.5 Å². The number of methoxy groups -OCH3 is 2. The van der Waals surface area contributed by atoms with E-state index < -0.39 is 18.5 Å². The van der Waals surface area contributed by atoms with Crippen LogP contribution in [0.2, 0.25) is 0 Å². The number of thiazole rings is 1. The lowest BCUT2D eigenvalue weighted by Gasteiger charge is -2.11. The Morgan fingerprint density at radius 1 is 1.10 bits per heavy atom. The fourth-order valence-electron chi connectivity index (χ4n) is 2.40. The standard InChI is InChI=1S/C20H17FN2O5S/c1-26-14-7-8-17(27-2)15(9-14)22-18(24)10-28-20(25)16-11-29-19(23-16)12-3-5-13(21)6-4-12/h3-9,11H,10H2,1-2H3,(H,22,24). The predicted octanol–water partition coefficient (Wildman–Crippen LogP) is 3.76. The SMILES string of the molecule is COc1ccc(OC)c(NC(=O)COC(=O)c2csc(-c3ccc(F)cc3)n2)c1. The summed E-state index contributed by atoms with van der Waals surface area (Å²) in [5, 5.41) is 4.67. The third-order valence-corrected chi connectivity index (χ3v) is 4.71. The van der Waals surface area contributed by atoms with E-state index in [2.05, 4.69) is 10.3 Å². The minimum absolute atomic E-state index is 0.0704. The summed E-state index contributed by atoms with van der Waals surface area (Å²) in [5.74, 6) is -0.660. The highest BCUT2D eigenvalue weighted by atomic mass is 32.1. The van der Waals surface area contributed by atoms with Crippen molar-refractivity contribution in [1.29, 1.82) is 0 Å². The van der Waals surface area contributed by atoms with Crippen LogP contribution in [0, 0.1) is 5.82 Å². The Bertz CT molecular complexity index is 1020. The number of carbonyl (C=O) groups is 2. The lowest BCUT2D eigenvalue weighted by atomic mass is 10.2. The number of aromatic nitrogens is 1. The molecule has 3 aromatic rings. The molecule has 0 atom stereocenters. The highest BCUT2D eigenvalue weighted by molar-refractivity contribution is 7.13. The Kier molecular flexibility index (Phi) is 6.40. The van der Waals surface area contributed by atoms with Gasteiger partial charge < -0.3 is 19.5 Å². The molecule has 0 aliphatic rings. The first-order chi connectivity index (χ1) is 14.0. The maximum Gasteiger partial charge on any atom is 0.358 e. The number of nitrogens with zero attached hydrogens (tertiary/aromatic N) is 1. The molecule has 9 heteroatoms. The molecule has 2 aromatic carbocycles. The molecule has 0 aliphatic carbocycles. The summed E-state index contributed by atoms with van der Waals surface area (Å²) in [6.45, 7) is -0.497. The molecule has 7 nitrogen and oxygen atoms in total. The molecule has 1 N–H and O–H groups in total. The lowest BCUT2D eigenvalue weighted by molar-refractivity contribution is -0.119. The molecule has 1 heterocycles. The Morgan fingerprint density at radius 3 is 2.55 bits per heavy atom. The molecule has 150 valence electrons. The predicted molar refractivity (Wildman–Crippen MR) is 106 cm³/mol.